The van der Waals surface area contributed by atoms with Gasteiger partial charge in [-0.25, -0.2) is 4.79 Å². The Balaban J connectivity index is 1.60. The maximum atomic E-state index is 11.7. The molecule has 1 aliphatic rings. The number of thiophene rings is 1. The molecule has 1 aromatic carbocycles. The van der Waals surface area contributed by atoms with Crippen LogP contribution < -0.4 is 0 Å². The van der Waals surface area contributed by atoms with Crippen LogP contribution in [0.1, 0.15) is 25.6 Å². The first-order valence-electron chi connectivity index (χ1n) is 9.76. The maximum Gasteiger partial charge on any atom is 0.333 e. The highest BCUT2D eigenvalue weighted by molar-refractivity contribution is 7.19. The van der Waals surface area contributed by atoms with E-state index in [4.69, 9.17) is 9.16 Å². The smallest absolute Gasteiger partial charge is 0.333 e. The number of hydrogen-bond acceptors (Lipinski definition) is 4. The number of allylic oxidation sites excluding steroid dienone is 4. The second kappa shape index (κ2) is 8.65. The van der Waals surface area contributed by atoms with E-state index in [0.717, 1.165) is 5.57 Å². The molecule has 3 rings (SSSR count). The molecular weight excluding hydrogens is 396 g/mol. The zero-order valence-electron chi connectivity index (χ0n) is 17.6. The largest absolute Gasteiger partial charge is 0.429 e. The van der Waals surface area contributed by atoms with E-state index in [1.165, 1.54) is 21.0 Å². The van der Waals surface area contributed by atoms with E-state index in [0.29, 0.717) is 0 Å². The number of benzene rings is 1. The number of esters is 1. The SMILES string of the molecule is CC(C)(C)[Si](C)(C)OC1OC(=O)C=C1/C=C/C=C/C=C/c1cc2ccccc2s1. The number of ether oxygens (including phenoxy) is 1. The molecule has 152 valence electrons. The monoisotopic (exact) mass is 424 g/mol. The normalized spacial score (nSPS) is 18.4. The molecule has 1 aromatic heterocycles. The summed E-state index contributed by atoms with van der Waals surface area (Å²) in [6, 6.07) is 10.6. The van der Waals surface area contributed by atoms with Crippen molar-refractivity contribution in [1.82, 2.24) is 0 Å². The van der Waals surface area contributed by atoms with Crippen LogP contribution in [0.2, 0.25) is 18.1 Å². The molecule has 0 amide bonds. The third-order valence-electron chi connectivity index (χ3n) is 5.31. The third-order valence-corrected chi connectivity index (χ3v) is 10.8. The molecule has 2 heterocycles. The molecule has 1 atom stereocenters. The van der Waals surface area contributed by atoms with E-state index in [2.05, 4.69) is 70.3 Å². The van der Waals surface area contributed by atoms with Gasteiger partial charge in [0, 0.05) is 21.2 Å². The fourth-order valence-corrected chi connectivity index (χ4v) is 4.66. The van der Waals surface area contributed by atoms with Gasteiger partial charge in [-0.2, -0.15) is 0 Å². The van der Waals surface area contributed by atoms with Crippen molar-refractivity contribution in [3.63, 3.8) is 0 Å². The highest BCUT2D eigenvalue weighted by Crippen LogP contribution is 2.39. The van der Waals surface area contributed by atoms with E-state index < -0.39 is 14.6 Å². The Bertz CT molecular complexity index is 970. The highest BCUT2D eigenvalue weighted by atomic mass is 32.1. The van der Waals surface area contributed by atoms with Gasteiger partial charge in [0.25, 0.3) is 0 Å². The molecule has 0 aliphatic carbocycles. The van der Waals surface area contributed by atoms with Gasteiger partial charge in [-0.05, 0) is 41.7 Å². The van der Waals surface area contributed by atoms with Gasteiger partial charge < -0.3 is 9.16 Å². The molecule has 0 radical (unpaired) electrons. The van der Waals surface area contributed by atoms with E-state index in [1.54, 1.807) is 11.3 Å². The first-order chi connectivity index (χ1) is 13.7. The van der Waals surface area contributed by atoms with Crippen molar-refractivity contribution >= 4 is 41.8 Å². The summed E-state index contributed by atoms with van der Waals surface area (Å²) >= 11 is 1.77. The average molecular weight is 425 g/mol. The third kappa shape index (κ3) is 5.44. The van der Waals surface area contributed by atoms with Gasteiger partial charge >= 0.3 is 5.97 Å². The molecule has 5 heteroatoms. The van der Waals surface area contributed by atoms with Crippen LogP contribution in [0.4, 0.5) is 0 Å². The number of cyclic esters (lactones) is 1. The minimum absolute atomic E-state index is 0.0497. The molecule has 2 aromatic rings. The number of hydrogen-bond donors (Lipinski definition) is 0. The molecule has 0 bridgehead atoms. The number of carbonyl (C=O) groups excluding carboxylic acids is 1. The van der Waals surface area contributed by atoms with Crippen molar-refractivity contribution in [2.75, 3.05) is 0 Å². The predicted octanol–water partition coefficient (Wildman–Crippen LogP) is 6.86. The van der Waals surface area contributed by atoms with Crippen LogP contribution in [-0.2, 0) is 14.0 Å². The summed E-state index contributed by atoms with van der Waals surface area (Å²) in [5, 5.41) is 1.32. The average Bonchev–Trinajstić information content (AvgIpc) is 3.19. The lowest BCUT2D eigenvalue weighted by Crippen LogP contribution is -2.44. The molecule has 29 heavy (non-hydrogen) atoms. The Kier molecular flexibility index (Phi) is 6.41. The zero-order valence-corrected chi connectivity index (χ0v) is 19.5. The van der Waals surface area contributed by atoms with Crippen molar-refractivity contribution in [2.45, 2.75) is 45.2 Å². The quantitative estimate of drug-likeness (QED) is 0.289. The fraction of sp³-hybridized carbons (Fsp3) is 0.292. The summed E-state index contributed by atoms with van der Waals surface area (Å²) in [5.41, 5.74) is 0.762. The first-order valence-corrected chi connectivity index (χ1v) is 13.5. The van der Waals surface area contributed by atoms with Crippen molar-refractivity contribution in [1.29, 1.82) is 0 Å². The molecular formula is C24H28O3SSi. The Morgan fingerprint density at radius 1 is 1.07 bits per heavy atom. The van der Waals surface area contributed by atoms with Crippen molar-refractivity contribution < 1.29 is 14.0 Å². The minimum atomic E-state index is -2.03. The van der Waals surface area contributed by atoms with Gasteiger partial charge in [0.05, 0.1) is 0 Å². The lowest BCUT2D eigenvalue weighted by Gasteiger charge is -2.38. The maximum absolute atomic E-state index is 11.7. The van der Waals surface area contributed by atoms with Gasteiger partial charge in [0.1, 0.15) is 0 Å². The molecule has 0 saturated carbocycles. The Hall–Kier alpha value is -2.21. The Morgan fingerprint density at radius 3 is 2.45 bits per heavy atom. The molecule has 0 N–H and O–H groups in total. The van der Waals surface area contributed by atoms with Crippen molar-refractivity contribution in [3.05, 3.63) is 77.2 Å². The molecule has 3 nitrogen and oxygen atoms in total. The minimum Gasteiger partial charge on any atom is -0.429 e. The first kappa shape index (κ1) is 21.5. The summed E-state index contributed by atoms with van der Waals surface area (Å²) in [7, 11) is -2.03. The summed E-state index contributed by atoms with van der Waals surface area (Å²) in [6.45, 7) is 10.8. The van der Waals surface area contributed by atoms with Crippen LogP contribution >= 0.6 is 11.3 Å². The summed E-state index contributed by atoms with van der Waals surface area (Å²) in [6.07, 6.45) is 12.7. The zero-order chi connectivity index (χ0) is 21.1. The molecule has 0 fully saturated rings. The van der Waals surface area contributed by atoms with Crippen LogP contribution in [0.3, 0.4) is 0 Å². The summed E-state index contributed by atoms with van der Waals surface area (Å²) in [5.74, 6) is -0.345. The van der Waals surface area contributed by atoms with Gasteiger partial charge in [0.2, 0.25) is 6.29 Å². The number of carbonyl (C=O) groups is 1. The van der Waals surface area contributed by atoms with Crippen LogP contribution in [0.25, 0.3) is 16.2 Å². The van der Waals surface area contributed by atoms with Crippen molar-refractivity contribution in [2.24, 2.45) is 0 Å². The van der Waals surface area contributed by atoms with Crippen LogP contribution in [-0.4, -0.2) is 20.6 Å². The number of fused-ring (bicyclic) bond motifs is 1. The van der Waals surface area contributed by atoms with Gasteiger partial charge in [-0.15, -0.1) is 11.3 Å². The molecule has 1 unspecified atom stereocenters. The van der Waals surface area contributed by atoms with Gasteiger partial charge in [0.15, 0.2) is 8.32 Å². The summed E-state index contributed by atoms with van der Waals surface area (Å²) in [4.78, 5) is 13.0. The standard InChI is InChI=1S/C24H28O3SSi/c1-24(2,3)29(4,5)27-23-19(17-22(25)26-23)13-8-6-7-9-14-20-16-18-12-10-11-15-21(18)28-20/h6-17,23H,1-5H3/b7-6+,13-8+,14-9+. The van der Waals surface area contributed by atoms with E-state index in [-0.39, 0.29) is 11.0 Å². The fourth-order valence-electron chi connectivity index (χ4n) is 2.60. The van der Waals surface area contributed by atoms with E-state index >= 15 is 0 Å². The Morgan fingerprint density at radius 2 is 1.76 bits per heavy atom. The highest BCUT2D eigenvalue weighted by Gasteiger charge is 2.41. The van der Waals surface area contributed by atoms with Crippen LogP contribution in [0.5, 0.6) is 0 Å². The summed E-state index contributed by atoms with van der Waals surface area (Å²) < 4.78 is 12.9. The van der Waals surface area contributed by atoms with Crippen molar-refractivity contribution in [3.8, 4) is 0 Å². The van der Waals surface area contributed by atoms with Gasteiger partial charge in [-0.1, -0.05) is 69.4 Å². The second-order valence-electron chi connectivity index (χ2n) is 8.58. The Labute approximate surface area is 178 Å². The lowest BCUT2D eigenvalue weighted by atomic mass is 10.2. The molecule has 0 spiro atoms. The predicted molar refractivity (Wildman–Crippen MR) is 125 cm³/mol. The molecule has 1 aliphatic heterocycles. The second-order valence-corrected chi connectivity index (χ2v) is 14.5. The molecule has 0 saturated heterocycles. The van der Waals surface area contributed by atoms with E-state index in [9.17, 15) is 4.79 Å². The van der Waals surface area contributed by atoms with Gasteiger partial charge in [-0.3, -0.25) is 0 Å². The van der Waals surface area contributed by atoms with Crippen LogP contribution in [0.15, 0.2) is 72.4 Å². The lowest BCUT2D eigenvalue weighted by molar-refractivity contribution is -0.149. The van der Waals surface area contributed by atoms with Crippen LogP contribution in [0, 0.1) is 0 Å². The number of rotatable bonds is 6. The topological polar surface area (TPSA) is 35.5 Å². The van der Waals surface area contributed by atoms with E-state index in [1.807, 2.05) is 30.4 Å².